The van der Waals surface area contributed by atoms with Crippen molar-refractivity contribution in [2.24, 2.45) is 0 Å². The molecule has 5 aromatic heterocycles. The van der Waals surface area contributed by atoms with E-state index in [-0.39, 0.29) is 5.88 Å². The van der Waals surface area contributed by atoms with Crippen molar-refractivity contribution in [2.75, 3.05) is 0 Å². The molecule has 140 valence electrons. The Hall–Kier alpha value is -4.13. The van der Waals surface area contributed by atoms with E-state index in [9.17, 15) is 5.11 Å². The highest BCUT2D eigenvalue weighted by Crippen LogP contribution is 2.31. The third-order valence-corrected chi connectivity index (χ3v) is 4.68. The first kappa shape index (κ1) is 17.0. The lowest BCUT2D eigenvalue weighted by Crippen LogP contribution is -1.92. The fourth-order valence-corrected chi connectivity index (χ4v) is 3.28. The first-order valence-corrected chi connectivity index (χ1v) is 9.08. The molecule has 7 heteroatoms. The summed E-state index contributed by atoms with van der Waals surface area (Å²) in [5, 5.41) is 17.3. The minimum absolute atomic E-state index is 0.0348. The van der Waals surface area contributed by atoms with Gasteiger partial charge in [0.05, 0.1) is 22.4 Å². The standard InChI is InChI=1S/C22H16N6O/c1-13-4-2-6-19(26-13)21-16(12-25-28-21)17-7-8-18-20(27-17)10-14(11-24-18)15-5-3-9-23-22(15)29/h2-12H,1H3,(H,23,29)(H,25,28). The van der Waals surface area contributed by atoms with Gasteiger partial charge in [-0.25, -0.2) is 9.97 Å². The van der Waals surface area contributed by atoms with Crippen molar-refractivity contribution in [1.82, 2.24) is 30.1 Å². The van der Waals surface area contributed by atoms with Crippen molar-refractivity contribution < 1.29 is 5.11 Å². The van der Waals surface area contributed by atoms with E-state index in [2.05, 4.69) is 25.1 Å². The van der Waals surface area contributed by atoms with Crippen molar-refractivity contribution in [3.63, 3.8) is 0 Å². The Morgan fingerprint density at radius 1 is 0.862 bits per heavy atom. The lowest BCUT2D eigenvalue weighted by atomic mass is 10.1. The van der Waals surface area contributed by atoms with E-state index in [1.165, 1.54) is 0 Å². The summed E-state index contributed by atoms with van der Waals surface area (Å²) in [5.74, 6) is -0.0348. The maximum absolute atomic E-state index is 10.0. The molecule has 0 atom stereocenters. The number of aromatic nitrogens is 6. The SMILES string of the molecule is Cc1cccc(-c2n[nH]cc2-c2ccc3ncc(-c4cccnc4O)cc3n2)n1. The summed E-state index contributed by atoms with van der Waals surface area (Å²) < 4.78 is 0. The number of fused-ring (bicyclic) bond motifs is 1. The number of nitrogens with zero attached hydrogens (tertiary/aromatic N) is 5. The van der Waals surface area contributed by atoms with Crippen LogP contribution in [-0.4, -0.2) is 35.2 Å². The van der Waals surface area contributed by atoms with Crippen LogP contribution in [0.15, 0.2) is 67.1 Å². The molecule has 29 heavy (non-hydrogen) atoms. The molecule has 0 aliphatic heterocycles. The van der Waals surface area contributed by atoms with Crippen molar-refractivity contribution in [2.45, 2.75) is 6.92 Å². The zero-order valence-corrected chi connectivity index (χ0v) is 15.5. The fraction of sp³-hybridized carbons (Fsp3) is 0.0455. The minimum Gasteiger partial charge on any atom is -0.493 e. The number of hydrogen-bond acceptors (Lipinski definition) is 6. The van der Waals surface area contributed by atoms with E-state index in [1.807, 2.05) is 49.5 Å². The molecule has 0 bridgehead atoms. The number of pyridine rings is 4. The summed E-state index contributed by atoms with van der Waals surface area (Å²) in [6.07, 6.45) is 5.07. The Labute approximate surface area is 166 Å². The van der Waals surface area contributed by atoms with Gasteiger partial charge in [0.25, 0.3) is 0 Å². The second kappa shape index (κ2) is 6.79. The van der Waals surface area contributed by atoms with Crippen LogP contribution in [0, 0.1) is 6.92 Å². The average molecular weight is 380 g/mol. The lowest BCUT2D eigenvalue weighted by Gasteiger charge is -2.07. The van der Waals surface area contributed by atoms with Crippen LogP contribution in [0.3, 0.4) is 0 Å². The van der Waals surface area contributed by atoms with Crippen LogP contribution in [0.5, 0.6) is 5.88 Å². The maximum Gasteiger partial charge on any atom is 0.218 e. The molecule has 0 saturated heterocycles. The molecule has 0 unspecified atom stereocenters. The fourth-order valence-electron chi connectivity index (χ4n) is 3.28. The van der Waals surface area contributed by atoms with Gasteiger partial charge in [-0.1, -0.05) is 6.07 Å². The number of aromatic hydroxyl groups is 1. The van der Waals surface area contributed by atoms with Gasteiger partial charge in [-0.2, -0.15) is 5.10 Å². The zero-order valence-electron chi connectivity index (χ0n) is 15.5. The molecule has 0 fully saturated rings. The first-order valence-electron chi connectivity index (χ1n) is 9.08. The normalized spacial score (nSPS) is 11.1. The van der Waals surface area contributed by atoms with Gasteiger partial charge >= 0.3 is 0 Å². The Bertz CT molecular complexity index is 1340. The quantitative estimate of drug-likeness (QED) is 0.487. The second-order valence-electron chi connectivity index (χ2n) is 6.65. The van der Waals surface area contributed by atoms with Crippen LogP contribution in [0.2, 0.25) is 0 Å². The van der Waals surface area contributed by atoms with Crippen LogP contribution in [0.1, 0.15) is 5.69 Å². The molecule has 7 nitrogen and oxygen atoms in total. The van der Waals surface area contributed by atoms with Crippen molar-refractivity contribution in [3.05, 3.63) is 72.8 Å². The van der Waals surface area contributed by atoms with E-state index < -0.39 is 0 Å². The third kappa shape index (κ3) is 3.08. The first-order chi connectivity index (χ1) is 14.2. The van der Waals surface area contributed by atoms with Crippen LogP contribution >= 0.6 is 0 Å². The number of rotatable bonds is 3. The zero-order chi connectivity index (χ0) is 19.8. The summed E-state index contributed by atoms with van der Waals surface area (Å²) in [6.45, 7) is 1.95. The van der Waals surface area contributed by atoms with E-state index >= 15 is 0 Å². The highest BCUT2D eigenvalue weighted by molar-refractivity contribution is 5.85. The van der Waals surface area contributed by atoms with Gasteiger partial charge in [0.1, 0.15) is 5.69 Å². The summed E-state index contributed by atoms with van der Waals surface area (Å²) in [5.41, 5.74) is 6.92. The Kier molecular flexibility index (Phi) is 3.98. The van der Waals surface area contributed by atoms with Gasteiger partial charge in [0.15, 0.2) is 0 Å². The molecule has 0 aliphatic carbocycles. The Balaban J connectivity index is 1.63. The predicted molar refractivity (Wildman–Crippen MR) is 110 cm³/mol. The van der Waals surface area contributed by atoms with E-state index in [0.717, 1.165) is 39.4 Å². The lowest BCUT2D eigenvalue weighted by molar-refractivity contribution is 0.455. The molecule has 0 spiro atoms. The second-order valence-corrected chi connectivity index (χ2v) is 6.65. The topological polar surface area (TPSA) is 100 Å². The summed E-state index contributed by atoms with van der Waals surface area (Å²) in [6, 6.07) is 15.1. The molecule has 5 rings (SSSR count). The van der Waals surface area contributed by atoms with Gasteiger partial charge in [-0.3, -0.25) is 15.1 Å². The van der Waals surface area contributed by atoms with Gasteiger partial charge in [0, 0.05) is 41.0 Å². The molecular weight excluding hydrogens is 364 g/mol. The molecule has 5 aromatic rings. The van der Waals surface area contributed by atoms with Gasteiger partial charge < -0.3 is 5.11 Å². The van der Waals surface area contributed by atoms with E-state index in [0.29, 0.717) is 11.1 Å². The highest BCUT2D eigenvalue weighted by Gasteiger charge is 2.14. The molecule has 0 radical (unpaired) electrons. The van der Waals surface area contributed by atoms with Crippen LogP contribution in [0.25, 0.3) is 44.8 Å². The van der Waals surface area contributed by atoms with E-state index in [4.69, 9.17) is 4.98 Å². The third-order valence-electron chi connectivity index (χ3n) is 4.68. The molecule has 5 heterocycles. The van der Waals surface area contributed by atoms with Crippen molar-refractivity contribution >= 4 is 11.0 Å². The van der Waals surface area contributed by atoms with Gasteiger partial charge in [0.2, 0.25) is 5.88 Å². The van der Waals surface area contributed by atoms with Crippen molar-refractivity contribution in [1.29, 1.82) is 0 Å². The maximum atomic E-state index is 10.0. The molecule has 0 aromatic carbocycles. The molecule has 0 saturated carbocycles. The van der Waals surface area contributed by atoms with Gasteiger partial charge in [-0.05, 0) is 49.4 Å². The number of aromatic amines is 1. The summed E-state index contributed by atoms with van der Waals surface area (Å²) in [4.78, 5) is 17.8. The Morgan fingerprint density at radius 2 is 1.79 bits per heavy atom. The number of aryl methyl sites for hydroxylation is 1. The highest BCUT2D eigenvalue weighted by atomic mass is 16.3. The van der Waals surface area contributed by atoms with Gasteiger partial charge in [-0.15, -0.1) is 0 Å². The average Bonchev–Trinajstić information content (AvgIpc) is 3.23. The summed E-state index contributed by atoms with van der Waals surface area (Å²) in [7, 11) is 0. The molecule has 2 N–H and O–H groups in total. The number of hydrogen-bond donors (Lipinski definition) is 2. The minimum atomic E-state index is -0.0348. The Morgan fingerprint density at radius 3 is 2.66 bits per heavy atom. The van der Waals surface area contributed by atoms with Crippen molar-refractivity contribution in [3.8, 4) is 39.7 Å². The molecule has 0 amide bonds. The molecule has 0 aliphatic rings. The smallest absolute Gasteiger partial charge is 0.218 e. The van der Waals surface area contributed by atoms with E-state index in [1.54, 1.807) is 24.5 Å². The molecular formula is C22H16N6O. The number of H-pyrrole nitrogens is 1. The van der Waals surface area contributed by atoms with Crippen LogP contribution < -0.4 is 0 Å². The van der Waals surface area contributed by atoms with Crippen LogP contribution in [0.4, 0.5) is 0 Å². The van der Waals surface area contributed by atoms with Crippen LogP contribution in [-0.2, 0) is 0 Å². The predicted octanol–water partition coefficient (Wildman–Crippen LogP) is 4.16. The summed E-state index contributed by atoms with van der Waals surface area (Å²) >= 11 is 0. The number of nitrogens with one attached hydrogen (secondary N) is 1. The largest absolute Gasteiger partial charge is 0.493 e. The monoisotopic (exact) mass is 380 g/mol.